The van der Waals surface area contributed by atoms with Crippen molar-refractivity contribution in [3.63, 3.8) is 0 Å². The van der Waals surface area contributed by atoms with Gasteiger partial charge in [-0.2, -0.15) is 0 Å². The van der Waals surface area contributed by atoms with Crippen molar-refractivity contribution < 1.29 is 27.5 Å². The van der Waals surface area contributed by atoms with Gasteiger partial charge in [0.15, 0.2) is 16.4 Å². The van der Waals surface area contributed by atoms with E-state index in [1.807, 2.05) is 6.92 Å². The summed E-state index contributed by atoms with van der Waals surface area (Å²) in [7, 11) is -2.09. The minimum Gasteiger partial charge on any atom is -0.494 e. The molecule has 0 unspecified atom stereocenters. The molecule has 150 valence electrons. The maximum absolute atomic E-state index is 12.3. The average Bonchev–Trinajstić information content (AvgIpc) is 2.67. The van der Waals surface area contributed by atoms with Crippen molar-refractivity contribution in [2.75, 3.05) is 39.1 Å². The van der Waals surface area contributed by atoms with Gasteiger partial charge in [-0.25, -0.2) is 8.42 Å². The largest absolute Gasteiger partial charge is 0.494 e. The van der Waals surface area contributed by atoms with Gasteiger partial charge in [0.1, 0.15) is 17.3 Å². The zero-order chi connectivity index (χ0) is 19.9. The van der Waals surface area contributed by atoms with Crippen LogP contribution in [-0.4, -0.2) is 69.5 Å². The summed E-state index contributed by atoms with van der Waals surface area (Å²) in [5, 5.41) is 1.73. The molecule has 2 rings (SSSR count). The van der Waals surface area contributed by atoms with Gasteiger partial charge in [0.05, 0.1) is 11.9 Å². The van der Waals surface area contributed by atoms with Crippen LogP contribution in [0.3, 0.4) is 0 Å². The molecule has 1 N–H and O–H groups in total. The first-order valence-electron chi connectivity index (χ1n) is 8.91. The molecular formula is C18H26N2O6S. The standard InChI is InChI=1S/C18H26N2O6S/c1-3-25-14-4-6-15(7-5-14)26-12-18(22)20-10-8-16(9-11-20)27(23,24)13-17(21)19-2/h4-7,16H,3,8-13H2,1-2H3,(H,19,21). The zero-order valence-corrected chi connectivity index (χ0v) is 16.5. The van der Waals surface area contributed by atoms with Crippen LogP contribution in [0.15, 0.2) is 24.3 Å². The summed E-state index contributed by atoms with van der Waals surface area (Å²) in [6.07, 6.45) is 0.655. The van der Waals surface area contributed by atoms with Crippen molar-refractivity contribution in [2.24, 2.45) is 0 Å². The molecule has 1 aromatic carbocycles. The van der Waals surface area contributed by atoms with Gasteiger partial charge in [-0.05, 0) is 44.0 Å². The van der Waals surface area contributed by atoms with Crippen LogP contribution in [0, 0.1) is 0 Å². The molecule has 2 amide bonds. The number of hydrogen-bond donors (Lipinski definition) is 1. The van der Waals surface area contributed by atoms with Gasteiger partial charge in [-0.15, -0.1) is 0 Å². The fourth-order valence-electron chi connectivity index (χ4n) is 2.87. The van der Waals surface area contributed by atoms with E-state index in [1.54, 1.807) is 29.2 Å². The molecule has 1 saturated heterocycles. The van der Waals surface area contributed by atoms with E-state index in [4.69, 9.17) is 9.47 Å². The van der Waals surface area contributed by atoms with Gasteiger partial charge in [0, 0.05) is 20.1 Å². The monoisotopic (exact) mass is 398 g/mol. The summed E-state index contributed by atoms with van der Waals surface area (Å²) in [5.41, 5.74) is 0. The topological polar surface area (TPSA) is 102 Å². The van der Waals surface area contributed by atoms with E-state index in [0.717, 1.165) is 5.75 Å². The van der Waals surface area contributed by atoms with E-state index in [-0.39, 0.29) is 12.5 Å². The van der Waals surface area contributed by atoms with E-state index in [1.165, 1.54) is 7.05 Å². The number of benzene rings is 1. The normalized spacial score (nSPS) is 15.3. The minimum absolute atomic E-state index is 0.108. The molecule has 1 aromatic rings. The van der Waals surface area contributed by atoms with Crippen molar-refractivity contribution in [3.8, 4) is 11.5 Å². The van der Waals surface area contributed by atoms with Gasteiger partial charge >= 0.3 is 0 Å². The number of hydrogen-bond acceptors (Lipinski definition) is 6. The molecule has 0 atom stereocenters. The molecule has 0 radical (unpaired) electrons. The second kappa shape index (κ2) is 9.59. The Morgan fingerprint density at radius 1 is 1.11 bits per heavy atom. The first-order valence-corrected chi connectivity index (χ1v) is 10.6. The van der Waals surface area contributed by atoms with E-state index >= 15 is 0 Å². The predicted molar refractivity (Wildman–Crippen MR) is 101 cm³/mol. The third-order valence-corrected chi connectivity index (χ3v) is 6.56. The Morgan fingerprint density at radius 3 is 2.19 bits per heavy atom. The van der Waals surface area contributed by atoms with Crippen LogP contribution >= 0.6 is 0 Å². The van der Waals surface area contributed by atoms with Crippen molar-refractivity contribution in [2.45, 2.75) is 25.0 Å². The predicted octanol–water partition coefficient (Wildman–Crippen LogP) is 0.616. The lowest BCUT2D eigenvalue weighted by Gasteiger charge is -2.31. The van der Waals surface area contributed by atoms with Gasteiger partial charge < -0.3 is 19.7 Å². The molecule has 0 aromatic heterocycles. The number of nitrogens with zero attached hydrogens (tertiary/aromatic N) is 1. The zero-order valence-electron chi connectivity index (χ0n) is 15.6. The van der Waals surface area contributed by atoms with Crippen LogP contribution in [0.4, 0.5) is 0 Å². The fourth-order valence-corrected chi connectivity index (χ4v) is 4.55. The van der Waals surface area contributed by atoms with Crippen molar-refractivity contribution in [3.05, 3.63) is 24.3 Å². The highest BCUT2D eigenvalue weighted by molar-refractivity contribution is 7.92. The quantitative estimate of drug-likeness (QED) is 0.689. The molecule has 0 saturated carbocycles. The van der Waals surface area contributed by atoms with Gasteiger partial charge in [-0.1, -0.05) is 0 Å². The van der Waals surface area contributed by atoms with Gasteiger partial charge in [-0.3, -0.25) is 9.59 Å². The summed E-state index contributed by atoms with van der Waals surface area (Å²) < 4.78 is 35.3. The van der Waals surface area contributed by atoms with Gasteiger partial charge in [0.2, 0.25) is 5.91 Å². The van der Waals surface area contributed by atoms with Crippen molar-refractivity contribution in [1.29, 1.82) is 0 Å². The molecule has 1 aliphatic heterocycles. The molecule has 9 heteroatoms. The number of likely N-dealkylation sites (tertiary alicyclic amines) is 1. The number of nitrogens with one attached hydrogen (secondary N) is 1. The minimum atomic E-state index is -3.50. The lowest BCUT2D eigenvalue weighted by atomic mass is 10.1. The van der Waals surface area contributed by atoms with Crippen molar-refractivity contribution >= 4 is 21.7 Å². The van der Waals surface area contributed by atoms with E-state index < -0.39 is 26.7 Å². The Balaban J connectivity index is 1.80. The lowest BCUT2D eigenvalue weighted by molar-refractivity contribution is -0.134. The summed E-state index contributed by atoms with van der Waals surface area (Å²) in [4.78, 5) is 25.2. The maximum atomic E-state index is 12.3. The number of carbonyl (C=O) groups is 2. The van der Waals surface area contributed by atoms with Crippen molar-refractivity contribution in [1.82, 2.24) is 10.2 Å². The third-order valence-electron chi connectivity index (χ3n) is 4.41. The van der Waals surface area contributed by atoms with E-state index in [0.29, 0.717) is 38.3 Å². The molecule has 0 bridgehead atoms. The first kappa shape index (κ1) is 21.0. The number of amides is 2. The first-order chi connectivity index (χ1) is 12.9. The third kappa shape index (κ3) is 6.13. The van der Waals surface area contributed by atoms with Crippen LogP contribution in [0.25, 0.3) is 0 Å². The number of rotatable bonds is 8. The van der Waals surface area contributed by atoms with Crippen LogP contribution in [0.2, 0.25) is 0 Å². The Kier molecular flexibility index (Phi) is 7.46. The van der Waals surface area contributed by atoms with Crippen LogP contribution < -0.4 is 14.8 Å². The second-order valence-electron chi connectivity index (χ2n) is 6.25. The molecule has 1 heterocycles. The highest BCUT2D eigenvalue weighted by Crippen LogP contribution is 2.20. The summed E-state index contributed by atoms with van der Waals surface area (Å²) in [5.74, 6) is 0.0810. The number of piperidine rings is 1. The lowest BCUT2D eigenvalue weighted by Crippen LogP contribution is -2.45. The Bertz CT molecular complexity index is 740. The molecule has 0 spiro atoms. The number of carbonyl (C=O) groups excluding carboxylic acids is 2. The van der Waals surface area contributed by atoms with Crippen LogP contribution in [0.1, 0.15) is 19.8 Å². The molecule has 8 nitrogen and oxygen atoms in total. The Morgan fingerprint density at radius 2 is 1.67 bits per heavy atom. The van der Waals surface area contributed by atoms with E-state index in [2.05, 4.69) is 5.32 Å². The number of ether oxygens (including phenoxy) is 2. The smallest absolute Gasteiger partial charge is 0.260 e. The molecule has 0 aliphatic carbocycles. The highest BCUT2D eigenvalue weighted by atomic mass is 32.2. The average molecular weight is 398 g/mol. The fraction of sp³-hybridized carbons (Fsp3) is 0.556. The highest BCUT2D eigenvalue weighted by Gasteiger charge is 2.32. The molecular weight excluding hydrogens is 372 g/mol. The summed E-state index contributed by atoms with van der Waals surface area (Å²) in [6.45, 7) is 3.04. The van der Waals surface area contributed by atoms with Gasteiger partial charge in [0.25, 0.3) is 5.91 Å². The van der Waals surface area contributed by atoms with Crippen LogP contribution in [-0.2, 0) is 19.4 Å². The Labute approximate surface area is 159 Å². The van der Waals surface area contributed by atoms with Crippen LogP contribution in [0.5, 0.6) is 11.5 Å². The number of sulfone groups is 1. The molecule has 27 heavy (non-hydrogen) atoms. The SMILES string of the molecule is CCOc1ccc(OCC(=O)N2CCC(S(=O)(=O)CC(=O)NC)CC2)cc1. The summed E-state index contributed by atoms with van der Waals surface area (Å²) >= 11 is 0. The molecule has 1 fully saturated rings. The molecule has 1 aliphatic rings. The summed E-state index contributed by atoms with van der Waals surface area (Å²) in [6, 6.07) is 7.00. The van der Waals surface area contributed by atoms with E-state index in [9.17, 15) is 18.0 Å². The Hall–Kier alpha value is -2.29. The maximum Gasteiger partial charge on any atom is 0.260 e. The second-order valence-corrected chi connectivity index (χ2v) is 8.53.